The second-order valence-electron chi connectivity index (χ2n) is 6.95. The third-order valence-corrected chi connectivity index (χ3v) is 6.16. The molecule has 0 saturated heterocycles. The Bertz CT molecular complexity index is 1310. The third-order valence-electron chi connectivity index (χ3n) is 4.60. The van der Waals surface area contributed by atoms with E-state index in [1.165, 1.54) is 32.8 Å². The Balaban J connectivity index is 1.44. The number of nitrogens with one attached hydrogen (secondary N) is 1. The van der Waals surface area contributed by atoms with Crippen molar-refractivity contribution in [2.45, 2.75) is 20.0 Å². The monoisotopic (exact) mass is 518 g/mol. The number of halogens is 2. The van der Waals surface area contributed by atoms with Crippen molar-refractivity contribution in [2.24, 2.45) is 0 Å². The molecular weight excluding hydrogens is 503 g/mol. The van der Waals surface area contributed by atoms with Crippen LogP contribution in [0.3, 0.4) is 0 Å². The van der Waals surface area contributed by atoms with Crippen LogP contribution < -0.4 is 5.32 Å². The van der Waals surface area contributed by atoms with Gasteiger partial charge in [-0.3, -0.25) is 9.48 Å². The fraction of sp³-hybridized carbons (Fsp3) is 0.150. The summed E-state index contributed by atoms with van der Waals surface area (Å²) in [4.78, 5) is 23.5. The molecule has 4 rings (SSSR count). The summed E-state index contributed by atoms with van der Waals surface area (Å²) in [6.07, 6.45) is 1.66. The molecule has 1 aromatic carbocycles. The Kier molecular flexibility index (Phi) is 6.15. The fourth-order valence-electron chi connectivity index (χ4n) is 3.03. The van der Waals surface area contributed by atoms with Crippen molar-refractivity contribution in [1.82, 2.24) is 19.6 Å². The Morgan fingerprint density at radius 1 is 1.28 bits per heavy atom. The summed E-state index contributed by atoms with van der Waals surface area (Å²) in [5.74, 6) is -0.568. The highest BCUT2D eigenvalue weighted by atomic mass is 79.9. The quantitative estimate of drug-likeness (QED) is 0.284. The normalized spacial score (nSPS) is 11.0. The molecule has 0 spiro atoms. The van der Waals surface area contributed by atoms with E-state index in [9.17, 15) is 19.3 Å². The maximum Gasteiger partial charge on any atom is 0.390 e. The lowest BCUT2D eigenvalue weighted by Crippen LogP contribution is -2.12. The highest BCUT2D eigenvalue weighted by Crippen LogP contribution is 2.24. The van der Waals surface area contributed by atoms with Crippen molar-refractivity contribution in [1.29, 1.82) is 0 Å². The van der Waals surface area contributed by atoms with Crippen molar-refractivity contribution in [2.75, 3.05) is 5.32 Å². The van der Waals surface area contributed by atoms with Gasteiger partial charge in [-0.2, -0.15) is 9.78 Å². The van der Waals surface area contributed by atoms with Gasteiger partial charge in [-0.25, -0.2) is 4.39 Å². The van der Waals surface area contributed by atoms with Crippen molar-refractivity contribution in [3.05, 3.63) is 90.1 Å². The number of hydrogen-bond donors (Lipinski definition) is 1. The van der Waals surface area contributed by atoms with Crippen LogP contribution in [0.2, 0.25) is 0 Å². The van der Waals surface area contributed by atoms with Gasteiger partial charge in [0.2, 0.25) is 0 Å². The van der Waals surface area contributed by atoms with Gasteiger partial charge in [0, 0.05) is 11.8 Å². The molecular formula is C20H16BrFN6O3S. The van der Waals surface area contributed by atoms with Crippen LogP contribution >= 0.6 is 27.3 Å². The predicted molar refractivity (Wildman–Crippen MR) is 120 cm³/mol. The standard InChI is InChI=1S/C20H16BrFN6O3S/c1-12-6-18(28(30)31)24-27(12)8-13-7-17(32-11-13)20(29)23-19-15(21)10-26(25-19)9-14-4-2-3-5-16(14)22/h2-7,10-11H,8-9H2,1H3,(H,23,25,29). The van der Waals surface area contributed by atoms with Gasteiger partial charge in [-0.15, -0.1) is 11.3 Å². The van der Waals surface area contributed by atoms with E-state index in [0.717, 1.165) is 5.56 Å². The lowest BCUT2D eigenvalue weighted by Gasteiger charge is -2.03. The van der Waals surface area contributed by atoms with Gasteiger partial charge in [-0.1, -0.05) is 18.2 Å². The topological polar surface area (TPSA) is 108 Å². The molecule has 0 atom stereocenters. The van der Waals surface area contributed by atoms with Gasteiger partial charge in [0.05, 0.1) is 39.3 Å². The van der Waals surface area contributed by atoms with Gasteiger partial charge in [0.1, 0.15) is 5.82 Å². The number of amides is 1. The van der Waals surface area contributed by atoms with Crippen molar-refractivity contribution in [3.63, 3.8) is 0 Å². The number of nitrogens with zero attached hydrogens (tertiary/aromatic N) is 5. The van der Waals surface area contributed by atoms with Crippen molar-refractivity contribution >= 4 is 44.8 Å². The molecule has 3 aromatic heterocycles. The second-order valence-corrected chi connectivity index (χ2v) is 8.71. The van der Waals surface area contributed by atoms with Gasteiger partial charge in [-0.05, 0) is 50.9 Å². The zero-order valence-electron chi connectivity index (χ0n) is 16.7. The van der Waals surface area contributed by atoms with E-state index in [0.29, 0.717) is 33.0 Å². The lowest BCUT2D eigenvalue weighted by atomic mass is 10.2. The van der Waals surface area contributed by atoms with Crippen LogP contribution in [0.15, 0.2) is 52.4 Å². The minimum atomic E-state index is -0.542. The number of rotatable bonds is 7. The molecule has 0 radical (unpaired) electrons. The summed E-state index contributed by atoms with van der Waals surface area (Å²) in [5, 5.41) is 23.7. The van der Waals surface area contributed by atoms with Crippen molar-refractivity contribution < 1.29 is 14.1 Å². The Morgan fingerprint density at radius 2 is 2.06 bits per heavy atom. The lowest BCUT2D eigenvalue weighted by molar-refractivity contribution is -0.389. The van der Waals surface area contributed by atoms with E-state index in [4.69, 9.17) is 0 Å². The summed E-state index contributed by atoms with van der Waals surface area (Å²) >= 11 is 4.61. The fourth-order valence-corrected chi connectivity index (χ4v) is 4.24. The number of carbonyl (C=O) groups is 1. The zero-order chi connectivity index (χ0) is 22.8. The SMILES string of the molecule is Cc1cc([N+](=O)[O-])nn1Cc1csc(C(=O)Nc2nn(Cc3ccccc3F)cc2Br)c1. The van der Waals surface area contributed by atoms with Crippen LogP contribution in [-0.4, -0.2) is 30.4 Å². The van der Waals surface area contributed by atoms with Crippen LogP contribution in [0.5, 0.6) is 0 Å². The first-order valence-electron chi connectivity index (χ1n) is 9.34. The molecule has 0 aliphatic rings. The van der Waals surface area contributed by atoms with Crippen LogP contribution in [0.1, 0.15) is 26.5 Å². The first-order chi connectivity index (χ1) is 15.3. The van der Waals surface area contributed by atoms with Gasteiger partial charge in [0.15, 0.2) is 5.82 Å². The Morgan fingerprint density at radius 3 is 2.78 bits per heavy atom. The molecule has 9 nitrogen and oxygen atoms in total. The summed E-state index contributed by atoms with van der Waals surface area (Å²) < 4.78 is 17.5. The summed E-state index contributed by atoms with van der Waals surface area (Å²) in [7, 11) is 0. The molecule has 0 saturated carbocycles. The minimum absolute atomic E-state index is 0.216. The molecule has 1 amide bonds. The molecule has 3 heterocycles. The number of aromatic nitrogens is 4. The maximum absolute atomic E-state index is 13.9. The minimum Gasteiger partial charge on any atom is -0.358 e. The number of hydrogen-bond acceptors (Lipinski definition) is 6. The summed E-state index contributed by atoms with van der Waals surface area (Å²) in [6.45, 7) is 2.26. The average Bonchev–Trinajstić information content (AvgIpc) is 3.44. The van der Waals surface area contributed by atoms with Gasteiger partial charge >= 0.3 is 5.82 Å². The van der Waals surface area contributed by atoms with Gasteiger partial charge < -0.3 is 15.4 Å². The van der Waals surface area contributed by atoms with E-state index in [2.05, 4.69) is 31.4 Å². The van der Waals surface area contributed by atoms with E-state index < -0.39 is 4.92 Å². The van der Waals surface area contributed by atoms with Crippen LogP contribution in [0, 0.1) is 22.9 Å². The van der Waals surface area contributed by atoms with E-state index in [1.807, 2.05) is 0 Å². The third kappa shape index (κ3) is 4.75. The molecule has 0 fully saturated rings. The summed E-state index contributed by atoms with van der Waals surface area (Å²) in [6, 6.07) is 9.52. The highest BCUT2D eigenvalue weighted by molar-refractivity contribution is 9.10. The van der Waals surface area contributed by atoms with Crippen LogP contribution in [0.4, 0.5) is 16.0 Å². The first kappa shape index (κ1) is 21.8. The number of thiophene rings is 1. The van der Waals surface area contributed by atoms with Gasteiger partial charge in [0.25, 0.3) is 5.91 Å². The number of nitro groups is 1. The molecule has 1 N–H and O–H groups in total. The van der Waals surface area contributed by atoms with Crippen LogP contribution in [-0.2, 0) is 13.1 Å². The molecule has 4 aromatic rings. The largest absolute Gasteiger partial charge is 0.390 e. The molecule has 32 heavy (non-hydrogen) atoms. The highest BCUT2D eigenvalue weighted by Gasteiger charge is 2.18. The molecule has 0 bridgehead atoms. The number of aryl methyl sites for hydroxylation is 1. The molecule has 0 aliphatic heterocycles. The van der Waals surface area contributed by atoms with E-state index in [1.54, 1.807) is 42.8 Å². The Labute approximate surface area is 193 Å². The maximum atomic E-state index is 13.9. The van der Waals surface area contributed by atoms with E-state index in [-0.39, 0.29) is 24.1 Å². The van der Waals surface area contributed by atoms with E-state index >= 15 is 0 Å². The average molecular weight is 519 g/mol. The molecule has 0 aliphatic carbocycles. The smallest absolute Gasteiger partial charge is 0.358 e. The number of anilines is 1. The molecule has 0 unspecified atom stereocenters. The Hall–Kier alpha value is -3.38. The number of carbonyl (C=O) groups excluding carboxylic acids is 1. The second kappa shape index (κ2) is 9.01. The molecule has 164 valence electrons. The van der Waals surface area contributed by atoms with Crippen LogP contribution in [0.25, 0.3) is 0 Å². The predicted octanol–water partition coefficient (Wildman–Crippen LogP) is 4.61. The zero-order valence-corrected chi connectivity index (χ0v) is 19.1. The number of benzene rings is 1. The first-order valence-corrected chi connectivity index (χ1v) is 11.0. The molecule has 12 heteroatoms. The van der Waals surface area contributed by atoms with Crippen molar-refractivity contribution in [3.8, 4) is 0 Å². The summed E-state index contributed by atoms with van der Waals surface area (Å²) in [5.41, 5.74) is 1.93.